The standard InChI is InChI=1S/C11H16O3/c1-13-7-10-3-2-9(14-10)6-11(8-12)4-5-11/h2-3,12H,4-8H2,1H3. The van der Waals surface area contributed by atoms with Crippen molar-refractivity contribution in [1.29, 1.82) is 0 Å². The van der Waals surface area contributed by atoms with E-state index >= 15 is 0 Å². The molecule has 78 valence electrons. The number of rotatable bonds is 5. The van der Waals surface area contributed by atoms with E-state index in [0.717, 1.165) is 30.8 Å². The Hall–Kier alpha value is -0.800. The van der Waals surface area contributed by atoms with Gasteiger partial charge in [-0.2, -0.15) is 0 Å². The molecule has 0 radical (unpaired) electrons. The fraction of sp³-hybridized carbons (Fsp3) is 0.636. The Kier molecular flexibility index (Phi) is 2.61. The molecule has 1 fully saturated rings. The van der Waals surface area contributed by atoms with Crippen molar-refractivity contribution in [1.82, 2.24) is 0 Å². The summed E-state index contributed by atoms with van der Waals surface area (Å²) in [7, 11) is 1.65. The normalized spacial score (nSPS) is 18.4. The largest absolute Gasteiger partial charge is 0.464 e. The highest BCUT2D eigenvalue weighted by molar-refractivity contribution is 5.11. The number of hydrogen-bond acceptors (Lipinski definition) is 3. The molecule has 1 aliphatic rings. The molecule has 1 heterocycles. The molecular formula is C11H16O3. The van der Waals surface area contributed by atoms with Crippen LogP contribution < -0.4 is 0 Å². The summed E-state index contributed by atoms with van der Waals surface area (Å²) >= 11 is 0. The Morgan fingerprint density at radius 1 is 1.43 bits per heavy atom. The maximum Gasteiger partial charge on any atom is 0.129 e. The predicted octanol–water partition coefficient (Wildman–Crippen LogP) is 1.74. The first-order valence-electron chi connectivity index (χ1n) is 4.95. The maximum absolute atomic E-state index is 9.16. The van der Waals surface area contributed by atoms with E-state index < -0.39 is 0 Å². The number of aliphatic hydroxyl groups excluding tert-OH is 1. The molecule has 1 aromatic rings. The van der Waals surface area contributed by atoms with Crippen LogP contribution in [0.1, 0.15) is 24.4 Å². The van der Waals surface area contributed by atoms with Crippen molar-refractivity contribution in [3.8, 4) is 0 Å². The van der Waals surface area contributed by atoms with Gasteiger partial charge in [-0.05, 0) is 25.0 Å². The van der Waals surface area contributed by atoms with Gasteiger partial charge in [0, 0.05) is 25.6 Å². The number of ether oxygens (including phenoxy) is 1. The Morgan fingerprint density at radius 3 is 2.71 bits per heavy atom. The summed E-state index contributed by atoms with van der Waals surface area (Å²) < 4.78 is 10.5. The minimum Gasteiger partial charge on any atom is -0.464 e. The van der Waals surface area contributed by atoms with Crippen LogP contribution in [0.25, 0.3) is 0 Å². The fourth-order valence-electron chi connectivity index (χ4n) is 1.67. The van der Waals surface area contributed by atoms with Gasteiger partial charge in [0.25, 0.3) is 0 Å². The SMILES string of the molecule is COCc1ccc(CC2(CO)CC2)o1. The summed E-state index contributed by atoms with van der Waals surface area (Å²) in [5.41, 5.74) is 0.127. The molecule has 0 aromatic carbocycles. The molecule has 14 heavy (non-hydrogen) atoms. The van der Waals surface area contributed by atoms with Gasteiger partial charge in [0.05, 0.1) is 0 Å². The van der Waals surface area contributed by atoms with Crippen LogP contribution >= 0.6 is 0 Å². The van der Waals surface area contributed by atoms with Crippen molar-refractivity contribution < 1.29 is 14.3 Å². The van der Waals surface area contributed by atoms with Gasteiger partial charge in [-0.1, -0.05) is 0 Å². The Bertz CT molecular complexity index is 299. The number of aliphatic hydroxyl groups is 1. The molecule has 0 aliphatic heterocycles. The van der Waals surface area contributed by atoms with Crippen molar-refractivity contribution >= 4 is 0 Å². The maximum atomic E-state index is 9.16. The van der Waals surface area contributed by atoms with Gasteiger partial charge in [-0.25, -0.2) is 0 Å². The molecule has 0 bridgehead atoms. The third-order valence-electron chi connectivity index (χ3n) is 2.85. The van der Waals surface area contributed by atoms with Crippen molar-refractivity contribution in [2.75, 3.05) is 13.7 Å². The van der Waals surface area contributed by atoms with Crippen LogP contribution in [0.15, 0.2) is 16.5 Å². The van der Waals surface area contributed by atoms with Gasteiger partial charge in [0.15, 0.2) is 0 Å². The predicted molar refractivity (Wildman–Crippen MR) is 51.9 cm³/mol. The van der Waals surface area contributed by atoms with Crippen molar-refractivity contribution in [3.05, 3.63) is 23.7 Å². The summed E-state index contributed by atoms with van der Waals surface area (Å²) in [6, 6.07) is 3.91. The smallest absolute Gasteiger partial charge is 0.129 e. The first-order valence-corrected chi connectivity index (χ1v) is 4.95. The highest BCUT2D eigenvalue weighted by Crippen LogP contribution is 2.47. The first-order chi connectivity index (χ1) is 6.78. The third kappa shape index (κ3) is 1.99. The van der Waals surface area contributed by atoms with Crippen molar-refractivity contribution in [3.63, 3.8) is 0 Å². The van der Waals surface area contributed by atoms with Gasteiger partial charge in [0.2, 0.25) is 0 Å². The lowest BCUT2D eigenvalue weighted by molar-refractivity contribution is 0.159. The van der Waals surface area contributed by atoms with E-state index in [0.29, 0.717) is 6.61 Å². The molecule has 1 aromatic heterocycles. The van der Waals surface area contributed by atoms with Gasteiger partial charge < -0.3 is 14.3 Å². The molecule has 0 spiro atoms. The Labute approximate surface area is 83.7 Å². The van der Waals surface area contributed by atoms with E-state index in [2.05, 4.69) is 0 Å². The average Bonchev–Trinajstić information content (AvgIpc) is 2.82. The number of methoxy groups -OCH3 is 1. The fourth-order valence-corrected chi connectivity index (χ4v) is 1.67. The van der Waals surface area contributed by atoms with Crippen molar-refractivity contribution in [2.24, 2.45) is 5.41 Å². The molecule has 1 N–H and O–H groups in total. The minimum atomic E-state index is 0.127. The molecular weight excluding hydrogens is 180 g/mol. The zero-order valence-electron chi connectivity index (χ0n) is 8.45. The van der Waals surface area contributed by atoms with E-state index in [1.54, 1.807) is 7.11 Å². The summed E-state index contributed by atoms with van der Waals surface area (Å²) in [5.74, 6) is 1.82. The third-order valence-corrected chi connectivity index (χ3v) is 2.85. The van der Waals surface area contributed by atoms with Gasteiger partial charge in [-0.3, -0.25) is 0 Å². The second kappa shape index (κ2) is 3.75. The van der Waals surface area contributed by atoms with E-state index in [1.807, 2.05) is 12.1 Å². The summed E-state index contributed by atoms with van der Waals surface area (Å²) in [6.07, 6.45) is 3.08. The zero-order valence-corrected chi connectivity index (χ0v) is 8.45. The van der Waals surface area contributed by atoms with E-state index in [9.17, 15) is 0 Å². The van der Waals surface area contributed by atoms with Gasteiger partial charge in [0.1, 0.15) is 18.1 Å². The monoisotopic (exact) mass is 196 g/mol. The lowest BCUT2D eigenvalue weighted by Crippen LogP contribution is -2.09. The number of furan rings is 1. The first kappa shape index (κ1) is 9.74. The van der Waals surface area contributed by atoms with E-state index in [-0.39, 0.29) is 12.0 Å². The summed E-state index contributed by atoms with van der Waals surface area (Å²) in [4.78, 5) is 0. The molecule has 0 amide bonds. The molecule has 2 rings (SSSR count). The molecule has 1 saturated carbocycles. The van der Waals surface area contributed by atoms with Crippen LogP contribution in [0, 0.1) is 5.41 Å². The van der Waals surface area contributed by atoms with Crippen LogP contribution in [0.5, 0.6) is 0 Å². The molecule has 0 saturated heterocycles. The summed E-state index contributed by atoms with van der Waals surface area (Å²) in [6.45, 7) is 0.791. The van der Waals surface area contributed by atoms with Crippen LogP contribution in [-0.4, -0.2) is 18.8 Å². The van der Waals surface area contributed by atoms with Crippen molar-refractivity contribution in [2.45, 2.75) is 25.9 Å². The van der Waals surface area contributed by atoms with Crippen LogP contribution in [-0.2, 0) is 17.8 Å². The minimum absolute atomic E-state index is 0.127. The van der Waals surface area contributed by atoms with Crippen LogP contribution in [0.2, 0.25) is 0 Å². The molecule has 0 unspecified atom stereocenters. The highest BCUT2D eigenvalue weighted by atomic mass is 16.5. The zero-order chi connectivity index (χ0) is 10.0. The second-order valence-corrected chi connectivity index (χ2v) is 4.14. The number of hydrogen-bond donors (Lipinski definition) is 1. The average molecular weight is 196 g/mol. The lowest BCUT2D eigenvalue weighted by Gasteiger charge is -2.08. The molecule has 3 heteroatoms. The van der Waals surface area contributed by atoms with E-state index in [4.69, 9.17) is 14.3 Å². The lowest BCUT2D eigenvalue weighted by atomic mass is 10.0. The molecule has 3 nitrogen and oxygen atoms in total. The Balaban J connectivity index is 1.96. The topological polar surface area (TPSA) is 42.6 Å². The van der Waals surface area contributed by atoms with Crippen LogP contribution in [0.3, 0.4) is 0 Å². The van der Waals surface area contributed by atoms with Gasteiger partial charge >= 0.3 is 0 Å². The molecule has 0 atom stereocenters. The quantitative estimate of drug-likeness (QED) is 0.780. The van der Waals surface area contributed by atoms with E-state index in [1.165, 1.54) is 0 Å². The molecule has 1 aliphatic carbocycles. The van der Waals surface area contributed by atoms with Crippen LogP contribution in [0.4, 0.5) is 0 Å². The van der Waals surface area contributed by atoms with Gasteiger partial charge in [-0.15, -0.1) is 0 Å². The highest BCUT2D eigenvalue weighted by Gasteiger charge is 2.42. The summed E-state index contributed by atoms with van der Waals surface area (Å²) in [5, 5.41) is 9.16. The second-order valence-electron chi connectivity index (χ2n) is 4.14. The Morgan fingerprint density at radius 2 is 2.14 bits per heavy atom.